The third kappa shape index (κ3) is 7.98. The molecule has 2 amide bonds. The molecule has 3 aromatic carbocycles. The van der Waals surface area contributed by atoms with Gasteiger partial charge in [-0.25, -0.2) is 9.59 Å². The van der Waals surface area contributed by atoms with E-state index in [9.17, 15) is 14.4 Å². The lowest BCUT2D eigenvalue weighted by atomic mass is 10.1. The van der Waals surface area contributed by atoms with Crippen molar-refractivity contribution in [2.75, 3.05) is 19.0 Å². The van der Waals surface area contributed by atoms with E-state index in [1.807, 2.05) is 60.7 Å². The number of benzene rings is 3. The van der Waals surface area contributed by atoms with Crippen molar-refractivity contribution in [1.29, 1.82) is 0 Å². The van der Waals surface area contributed by atoms with Crippen LogP contribution in [0.1, 0.15) is 11.1 Å². The number of rotatable bonds is 10. The van der Waals surface area contributed by atoms with Crippen LogP contribution in [0.25, 0.3) is 0 Å². The summed E-state index contributed by atoms with van der Waals surface area (Å²) in [6, 6.07) is 24.3. The minimum absolute atomic E-state index is 0.0892. The molecule has 0 aliphatic carbocycles. The van der Waals surface area contributed by atoms with Gasteiger partial charge in [-0.3, -0.25) is 4.79 Å². The number of carbonyl (C=O) groups is 3. The summed E-state index contributed by atoms with van der Waals surface area (Å²) in [5, 5.41) is 5.43. The molecule has 2 N–H and O–H groups in total. The van der Waals surface area contributed by atoms with E-state index in [-0.39, 0.29) is 19.6 Å². The number of amides is 2. The molecule has 1 atom stereocenters. The van der Waals surface area contributed by atoms with Crippen molar-refractivity contribution in [2.24, 2.45) is 0 Å². The molecule has 0 saturated carbocycles. The minimum atomic E-state index is -0.884. The fourth-order valence-electron chi connectivity index (χ4n) is 3.06. The van der Waals surface area contributed by atoms with Crippen LogP contribution in [0.2, 0.25) is 0 Å². The van der Waals surface area contributed by atoms with Gasteiger partial charge in [0.2, 0.25) is 5.91 Å². The Morgan fingerprint density at radius 3 is 2.21 bits per heavy atom. The van der Waals surface area contributed by atoms with Gasteiger partial charge in [0.25, 0.3) is 0 Å². The van der Waals surface area contributed by atoms with Gasteiger partial charge in [0, 0.05) is 18.2 Å². The van der Waals surface area contributed by atoms with Crippen LogP contribution >= 0.6 is 0 Å². The predicted molar refractivity (Wildman–Crippen MR) is 126 cm³/mol. The summed E-state index contributed by atoms with van der Waals surface area (Å²) in [4.78, 5) is 36.8. The quantitative estimate of drug-likeness (QED) is 0.445. The summed E-state index contributed by atoms with van der Waals surface area (Å²) in [6.45, 7) is -0.161. The summed E-state index contributed by atoms with van der Waals surface area (Å²) in [7, 11) is 1.27. The van der Waals surface area contributed by atoms with Crippen molar-refractivity contribution < 1.29 is 28.6 Å². The van der Waals surface area contributed by atoms with E-state index in [0.717, 1.165) is 11.1 Å². The number of alkyl carbamates (subject to hydrolysis) is 1. The standard InChI is InChI=1S/C26H26N2O6/c1-32-24(29)18-33-22-14-8-13-21(16-22)27-25(30)23(15-19-9-4-2-5-10-19)28-26(31)34-17-20-11-6-3-7-12-20/h2-14,16,23H,15,17-18H2,1H3,(H,27,30)(H,28,31). The van der Waals surface area contributed by atoms with E-state index in [1.54, 1.807) is 24.3 Å². The van der Waals surface area contributed by atoms with Crippen LogP contribution < -0.4 is 15.4 Å². The average molecular weight is 463 g/mol. The molecule has 0 spiro atoms. The Morgan fingerprint density at radius 2 is 1.53 bits per heavy atom. The van der Waals surface area contributed by atoms with Crippen molar-refractivity contribution in [1.82, 2.24) is 5.32 Å². The highest BCUT2D eigenvalue weighted by molar-refractivity contribution is 5.96. The van der Waals surface area contributed by atoms with Crippen molar-refractivity contribution in [3.8, 4) is 5.75 Å². The summed E-state index contributed by atoms with van der Waals surface area (Å²) >= 11 is 0. The summed E-state index contributed by atoms with van der Waals surface area (Å²) in [6.07, 6.45) is -0.429. The number of hydrogen-bond acceptors (Lipinski definition) is 6. The van der Waals surface area contributed by atoms with Gasteiger partial charge in [-0.2, -0.15) is 0 Å². The fraction of sp³-hybridized carbons (Fsp3) is 0.192. The van der Waals surface area contributed by atoms with Gasteiger partial charge in [-0.05, 0) is 23.3 Å². The zero-order chi connectivity index (χ0) is 24.2. The van der Waals surface area contributed by atoms with E-state index in [4.69, 9.17) is 9.47 Å². The van der Waals surface area contributed by atoms with Crippen LogP contribution in [0, 0.1) is 0 Å². The Morgan fingerprint density at radius 1 is 0.853 bits per heavy atom. The molecule has 0 radical (unpaired) electrons. The summed E-state index contributed by atoms with van der Waals surface area (Å²) < 4.78 is 15.2. The highest BCUT2D eigenvalue weighted by atomic mass is 16.6. The molecule has 0 bridgehead atoms. The van der Waals surface area contributed by atoms with Gasteiger partial charge in [0.1, 0.15) is 18.4 Å². The Bertz CT molecular complexity index is 1090. The van der Waals surface area contributed by atoms with Crippen molar-refractivity contribution >= 4 is 23.7 Å². The largest absolute Gasteiger partial charge is 0.482 e. The molecule has 0 heterocycles. The molecule has 8 heteroatoms. The third-order valence-corrected chi connectivity index (χ3v) is 4.79. The molecule has 3 aromatic rings. The molecule has 0 fully saturated rings. The zero-order valence-corrected chi connectivity index (χ0v) is 18.7. The van der Waals surface area contributed by atoms with Gasteiger partial charge in [-0.15, -0.1) is 0 Å². The van der Waals surface area contributed by atoms with Crippen LogP contribution in [0.3, 0.4) is 0 Å². The van der Waals surface area contributed by atoms with Gasteiger partial charge in [-0.1, -0.05) is 66.7 Å². The second kappa shape index (κ2) is 12.6. The molecule has 0 aliphatic heterocycles. The lowest BCUT2D eigenvalue weighted by molar-refractivity contribution is -0.142. The Balaban J connectivity index is 1.65. The second-order valence-corrected chi connectivity index (χ2v) is 7.33. The predicted octanol–water partition coefficient (Wildman–Crippen LogP) is 3.71. The number of anilines is 1. The monoisotopic (exact) mass is 462 g/mol. The van der Waals surface area contributed by atoms with E-state index in [1.165, 1.54) is 7.11 Å². The highest BCUT2D eigenvalue weighted by Crippen LogP contribution is 2.18. The molecule has 1 unspecified atom stereocenters. The van der Waals surface area contributed by atoms with Crippen LogP contribution in [-0.2, 0) is 32.1 Å². The molecular weight excluding hydrogens is 436 g/mol. The first kappa shape index (κ1) is 24.3. The number of ether oxygens (including phenoxy) is 3. The van der Waals surface area contributed by atoms with E-state index >= 15 is 0 Å². The number of methoxy groups -OCH3 is 1. The number of hydrogen-bond donors (Lipinski definition) is 2. The maximum absolute atomic E-state index is 13.1. The number of esters is 1. The summed E-state index contributed by atoms with van der Waals surface area (Å²) in [5.41, 5.74) is 2.16. The molecule has 0 saturated heterocycles. The Hall–Kier alpha value is -4.33. The third-order valence-electron chi connectivity index (χ3n) is 4.79. The smallest absolute Gasteiger partial charge is 0.408 e. The van der Waals surface area contributed by atoms with E-state index in [0.29, 0.717) is 11.4 Å². The topological polar surface area (TPSA) is 103 Å². The van der Waals surface area contributed by atoms with Crippen molar-refractivity contribution in [3.05, 3.63) is 96.1 Å². The van der Waals surface area contributed by atoms with Gasteiger partial charge in [0.15, 0.2) is 6.61 Å². The molecule has 34 heavy (non-hydrogen) atoms. The fourth-order valence-corrected chi connectivity index (χ4v) is 3.06. The molecule has 8 nitrogen and oxygen atoms in total. The average Bonchev–Trinajstić information content (AvgIpc) is 2.87. The molecule has 0 aromatic heterocycles. The first-order chi connectivity index (χ1) is 16.5. The normalized spacial score (nSPS) is 11.1. The number of carbonyl (C=O) groups excluding carboxylic acids is 3. The highest BCUT2D eigenvalue weighted by Gasteiger charge is 2.22. The lowest BCUT2D eigenvalue weighted by Crippen LogP contribution is -2.45. The van der Waals surface area contributed by atoms with Crippen LogP contribution in [0.15, 0.2) is 84.9 Å². The molecule has 176 valence electrons. The first-order valence-electron chi connectivity index (χ1n) is 10.6. The second-order valence-electron chi connectivity index (χ2n) is 7.33. The number of nitrogens with one attached hydrogen (secondary N) is 2. The molecular formula is C26H26N2O6. The Labute approximate surface area is 197 Å². The molecule has 0 aliphatic rings. The zero-order valence-electron chi connectivity index (χ0n) is 18.7. The first-order valence-corrected chi connectivity index (χ1v) is 10.6. The Kier molecular flexibility index (Phi) is 9.04. The van der Waals surface area contributed by atoms with E-state index in [2.05, 4.69) is 15.4 Å². The van der Waals surface area contributed by atoms with Gasteiger partial charge in [0.05, 0.1) is 7.11 Å². The maximum Gasteiger partial charge on any atom is 0.408 e. The van der Waals surface area contributed by atoms with Crippen LogP contribution in [-0.4, -0.2) is 37.7 Å². The lowest BCUT2D eigenvalue weighted by Gasteiger charge is -2.19. The maximum atomic E-state index is 13.1. The van der Waals surface area contributed by atoms with Crippen molar-refractivity contribution in [2.45, 2.75) is 19.1 Å². The van der Waals surface area contributed by atoms with Gasteiger partial charge >= 0.3 is 12.1 Å². The van der Waals surface area contributed by atoms with Gasteiger partial charge < -0.3 is 24.8 Å². The summed E-state index contributed by atoms with van der Waals surface area (Å²) in [5.74, 6) is -0.556. The SMILES string of the molecule is COC(=O)COc1cccc(NC(=O)C(Cc2ccccc2)NC(=O)OCc2ccccc2)c1. The molecule has 3 rings (SSSR count). The van der Waals surface area contributed by atoms with Crippen LogP contribution in [0.5, 0.6) is 5.75 Å². The van der Waals surface area contributed by atoms with Crippen LogP contribution in [0.4, 0.5) is 10.5 Å². The van der Waals surface area contributed by atoms with E-state index < -0.39 is 24.0 Å². The van der Waals surface area contributed by atoms with Crippen molar-refractivity contribution in [3.63, 3.8) is 0 Å². The minimum Gasteiger partial charge on any atom is -0.482 e.